The monoisotopic (exact) mass is 971 g/mol. The number of methoxy groups -OCH3 is 2. The zero-order valence-corrected chi connectivity index (χ0v) is 38.5. The van der Waals surface area contributed by atoms with Crippen LogP contribution in [0.1, 0.15) is 68.9 Å². The molecule has 0 bridgehead atoms. The van der Waals surface area contributed by atoms with Gasteiger partial charge in [0.2, 0.25) is 22.7 Å². The highest BCUT2D eigenvalue weighted by molar-refractivity contribution is 6.02. The minimum absolute atomic E-state index is 0.00242. The molecule has 10 rings (SSSR count). The number of fused-ring (bicyclic) bond motifs is 2. The number of hydrogen-bond donors (Lipinski definition) is 2. The van der Waals surface area contributed by atoms with E-state index in [1.54, 1.807) is 16.7 Å². The van der Waals surface area contributed by atoms with Gasteiger partial charge < -0.3 is 18.8 Å². The molecule has 2 aliphatic heterocycles. The van der Waals surface area contributed by atoms with Crippen LogP contribution >= 0.6 is 0 Å². The topological polar surface area (TPSA) is 227 Å². The quantitative estimate of drug-likeness (QED) is 0.134. The molecule has 0 unspecified atom stereocenters. The lowest BCUT2D eigenvalue weighted by Gasteiger charge is -2.13. The van der Waals surface area contributed by atoms with Crippen LogP contribution in [0.5, 0.6) is 0 Å². The normalized spacial score (nSPS) is 13.0. The lowest BCUT2D eigenvalue weighted by molar-refractivity contribution is -0.139. The van der Waals surface area contributed by atoms with Gasteiger partial charge in [-0.15, -0.1) is 0 Å². The number of imidazole rings is 1. The fourth-order valence-corrected chi connectivity index (χ4v) is 7.74. The lowest BCUT2D eigenvalue weighted by Crippen LogP contribution is -2.28. The van der Waals surface area contributed by atoms with Gasteiger partial charge in [-0.25, -0.2) is 28.6 Å². The van der Waals surface area contributed by atoms with Crippen molar-refractivity contribution in [1.82, 2.24) is 34.0 Å². The lowest BCUT2D eigenvalue weighted by atomic mass is 10.1. The van der Waals surface area contributed by atoms with E-state index >= 15 is 0 Å². The fourth-order valence-electron chi connectivity index (χ4n) is 7.74. The molecule has 2 amide bonds. The summed E-state index contributed by atoms with van der Waals surface area (Å²) in [6.07, 6.45) is 4.56. The van der Waals surface area contributed by atoms with Crippen LogP contribution in [0.3, 0.4) is 0 Å². The van der Waals surface area contributed by atoms with Crippen molar-refractivity contribution in [2.24, 2.45) is 0 Å². The zero-order chi connectivity index (χ0) is 50.6. The first-order chi connectivity index (χ1) is 34.3. The first kappa shape index (κ1) is 50.2. The number of nitrogens with one attached hydrogen (secondary N) is 2. The Hall–Kier alpha value is -8.65. The van der Waals surface area contributed by atoms with Crippen molar-refractivity contribution in [3.05, 3.63) is 202 Å². The second kappa shape index (κ2) is 23.1. The number of nitrogens with zero attached hydrogens (tertiary/aromatic N) is 5. The third kappa shape index (κ3) is 11.8. The highest BCUT2D eigenvalue weighted by Crippen LogP contribution is 2.17. The van der Waals surface area contributed by atoms with Crippen molar-refractivity contribution < 1.29 is 42.2 Å². The van der Waals surface area contributed by atoms with E-state index in [-0.39, 0.29) is 59.7 Å². The standard InChI is InChI=1S/C22H15FN4O4.C14H14N2O4.C11H10FNO2.C4H8O/c23-14-8-6-13(7-9-14)10-26-21(30)15-16(22(26)31)20(29)18-17(19(15)28)24-25-27(18)11-12-4-2-1-3-5-12;1-19-13(17)11-12(14(18)20-2)16(9-15-11)8-10-6-4-3-5-7-10;12-9-3-1-8(2-4-9)7-13-10(14)5-6-11(13)15;1-2-4-5-3-1/h1-9,24-25H,10-11H2;3-7,9H,8H2,1-2H3;1-4H,5-7H2;1-4H2. The summed E-state index contributed by atoms with van der Waals surface area (Å²) in [6.45, 7) is 2.75. The first-order valence-electron chi connectivity index (χ1n) is 22.2. The van der Waals surface area contributed by atoms with Crippen LogP contribution in [0.25, 0.3) is 21.8 Å². The number of rotatable bonds is 10. The third-order valence-electron chi connectivity index (χ3n) is 11.4. The van der Waals surface area contributed by atoms with Crippen LogP contribution in [-0.4, -0.2) is 85.2 Å². The van der Waals surface area contributed by atoms with E-state index in [1.165, 1.54) is 79.4 Å². The molecule has 71 heavy (non-hydrogen) atoms. The molecule has 5 heterocycles. The highest BCUT2D eigenvalue weighted by atomic mass is 19.1. The highest BCUT2D eigenvalue weighted by Gasteiger charge is 2.29. The summed E-state index contributed by atoms with van der Waals surface area (Å²) < 4.78 is 43.9. The summed E-state index contributed by atoms with van der Waals surface area (Å²) in [7, 11) is 2.49. The number of benzene rings is 5. The molecule has 0 spiro atoms. The summed E-state index contributed by atoms with van der Waals surface area (Å²) in [5, 5.41) is 4.54. The van der Waals surface area contributed by atoms with Crippen molar-refractivity contribution in [3.8, 4) is 0 Å². The molecule has 5 aromatic carbocycles. The Morgan fingerprint density at radius 2 is 1.11 bits per heavy atom. The Morgan fingerprint density at radius 3 is 1.62 bits per heavy atom. The number of amides is 2. The van der Waals surface area contributed by atoms with Crippen molar-refractivity contribution in [2.75, 3.05) is 27.4 Å². The third-order valence-corrected chi connectivity index (χ3v) is 11.4. The second-order valence-electron chi connectivity index (χ2n) is 16.1. The Balaban J connectivity index is 0.000000159. The Bertz CT molecular complexity index is 3380. The van der Waals surface area contributed by atoms with Gasteiger partial charge in [0, 0.05) is 32.6 Å². The van der Waals surface area contributed by atoms with Gasteiger partial charge in [0.1, 0.15) is 33.4 Å². The predicted octanol–water partition coefficient (Wildman–Crippen LogP) is 5.14. The number of carbonyl (C=O) groups excluding carboxylic acids is 4. The molecular formula is C51H47F2N7O11. The summed E-state index contributed by atoms with van der Waals surface area (Å²) in [5.74, 6) is -2.37. The maximum Gasteiger partial charge on any atom is 0.359 e. The van der Waals surface area contributed by atoms with E-state index in [0.29, 0.717) is 24.9 Å². The van der Waals surface area contributed by atoms with Crippen molar-refractivity contribution in [2.45, 2.75) is 51.9 Å². The summed E-state index contributed by atoms with van der Waals surface area (Å²) in [6, 6.07) is 29.8. The number of carbonyl (C=O) groups is 4. The summed E-state index contributed by atoms with van der Waals surface area (Å²) in [5.41, 5.74) is 0.00176. The number of esters is 2. The number of aromatic amines is 2. The fraction of sp³-hybridized carbons (Fsp3) is 0.235. The Morgan fingerprint density at radius 1 is 0.620 bits per heavy atom. The molecule has 0 atom stereocenters. The SMILES string of the molecule is C1CCOC1.COC(=O)c1ncn(Cc2ccccc2)c1C(=O)OC.O=C1CCC(=O)N1Cc1ccc(F)cc1.O=c1c2[nH][nH]n(Cc3ccccc3)c2c(=O)c2c(=O)n(Cc3ccc(F)cc3)c(=O)c12. The molecule has 0 radical (unpaired) electrons. The van der Waals surface area contributed by atoms with E-state index in [4.69, 9.17) is 9.47 Å². The van der Waals surface area contributed by atoms with E-state index in [1.807, 2.05) is 60.7 Å². The largest absolute Gasteiger partial charge is 0.464 e. The van der Waals surface area contributed by atoms with Gasteiger partial charge in [0.05, 0.1) is 40.2 Å². The zero-order valence-electron chi connectivity index (χ0n) is 38.5. The molecule has 20 heteroatoms. The Kier molecular flexibility index (Phi) is 16.3. The van der Waals surface area contributed by atoms with Gasteiger partial charge in [-0.1, -0.05) is 84.9 Å². The molecular weight excluding hydrogens is 925 g/mol. The number of halogens is 2. The minimum atomic E-state index is -0.836. The van der Waals surface area contributed by atoms with Crippen LogP contribution in [0.2, 0.25) is 0 Å². The maximum absolute atomic E-state index is 13.2. The average molecular weight is 972 g/mol. The van der Waals surface area contributed by atoms with Crippen LogP contribution in [0.15, 0.2) is 135 Å². The molecule has 0 saturated carbocycles. The predicted molar refractivity (Wildman–Crippen MR) is 255 cm³/mol. The van der Waals surface area contributed by atoms with Crippen LogP contribution < -0.4 is 22.0 Å². The first-order valence-corrected chi connectivity index (χ1v) is 22.2. The number of hydrogen-bond acceptors (Lipinski definition) is 12. The molecule has 2 fully saturated rings. The number of ether oxygens (including phenoxy) is 3. The molecule has 2 saturated heterocycles. The van der Waals surface area contributed by atoms with Crippen LogP contribution in [0.4, 0.5) is 8.78 Å². The van der Waals surface area contributed by atoms with Crippen LogP contribution in [0, 0.1) is 11.6 Å². The van der Waals surface area contributed by atoms with Crippen molar-refractivity contribution >= 4 is 45.6 Å². The second-order valence-corrected chi connectivity index (χ2v) is 16.1. The molecule has 2 N–H and O–H groups in total. The van der Waals surface area contributed by atoms with Gasteiger partial charge in [0.25, 0.3) is 11.1 Å². The van der Waals surface area contributed by atoms with Gasteiger partial charge in [0.15, 0.2) is 11.4 Å². The number of likely N-dealkylation sites (tertiary alicyclic amines) is 1. The van der Waals surface area contributed by atoms with Gasteiger partial charge in [-0.3, -0.25) is 48.0 Å². The van der Waals surface area contributed by atoms with Crippen LogP contribution in [-0.2, 0) is 50.0 Å². The molecule has 18 nitrogen and oxygen atoms in total. The smallest absolute Gasteiger partial charge is 0.359 e. The van der Waals surface area contributed by atoms with E-state index in [9.17, 15) is 47.1 Å². The molecule has 366 valence electrons. The van der Waals surface area contributed by atoms with E-state index < -0.39 is 50.5 Å². The molecule has 8 aromatic rings. The van der Waals surface area contributed by atoms with Gasteiger partial charge >= 0.3 is 11.9 Å². The Labute approximate surface area is 402 Å². The van der Waals surface area contributed by atoms with Gasteiger partial charge in [-0.2, -0.15) is 0 Å². The van der Waals surface area contributed by atoms with Crippen molar-refractivity contribution in [1.29, 1.82) is 0 Å². The molecule has 0 aliphatic carbocycles. The van der Waals surface area contributed by atoms with Crippen molar-refractivity contribution in [3.63, 3.8) is 0 Å². The summed E-state index contributed by atoms with van der Waals surface area (Å²) >= 11 is 0. The number of imide groups is 1. The maximum atomic E-state index is 13.2. The number of H-pyrrole nitrogens is 2. The van der Waals surface area contributed by atoms with E-state index in [2.05, 4.69) is 20.0 Å². The summed E-state index contributed by atoms with van der Waals surface area (Å²) in [4.78, 5) is 103. The molecule has 2 aliphatic rings. The number of aromatic nitrogens is 6. The average Bonchev–Trinajstić information content (AvgIpc) is 4.26. The van der Waals surface area contributed by atoms with E-state index in [0.717, 1.165) is 34.5 Å². The molecule has 3 aromatic heterocycles. The van der Waals surface area contributed by atoms with Gasteiger partial charge in [-0.05, 0) is 59.4 Å². The minimum Gasteiger partial charge on any atom is -0.464 e.